The molecule has 0 aromatic rings. The van der Waals surface area contributed by atoms with Crippen molar-refractivity contribution in [2.24, 2.45) is 0 Å². The molecule has 0 aliphatic carbocycles. The van der Waals surface area contributed by atoms with Crippen LogP contribution < -0.4 is 5.26 Å². The lowest BCUT2D eigenvalue weighted by Gasteiger charge is -2.22. The van der Waals surface area contributed by atoms with Gasteiger partial charge >= 0.3 is 17.2 Å². The Morgan fingerprint density at radius 2 is 2.29 bits per heavy atom. The number of hydrogen-bond acceptors (Lipinski definition) is 8. The molecule has 0 radical (unpaired) electrons. The van der Waals surface area contributed by atoms with E-state index in [4.69, 9.17) is 0 Å². The van der Waals surface area contributed by atoms with Gasteiger partial charge in [-0.25, -0.2) is 9.59 Å². The number of carbonyl (C=O) groups is 2. The summed E-state index contributed by atoms with van der Waals surface area (Å²) in [5, 5.41) is 7.86. The SMILES string of the molecule is O=C1OCCCC1OC(=O)C(F)(F)SOO[O-]. The number of carbonyl (C=O) groups excluding carboxylic acids is 2. The first-order valence-corrected chi connectivity index (χ1v) is 5.11. The molecule has 1 atom stereocenters. The van der Waals surface area contributed by atoms with Gasteiger partial charge in [-0.2, -0.15) is 13.1 Å². The van der Waals surface area contributed by atoms with E-state index in [1.165, 1.54) is 0 Å². The Bertz CT molecular complexity index is 298. The zero-order valence-corrected chi connectivity index (χ0v) is 9.04. The Balaban J connectivity index is 2.49. The van der Waals surface area contributed by atoms with Crippen molar-refractivity contribution >= 4 is 24.0 Å². The molecule has 1 heterocycles. The van der Waals surface area contributed by atoms with Crippen molar-refractivity contribution in [3.63, 3.8) is 0 Å². The molecular weight excluding hydrogens is 266 g/mol. The van der Waals surface area contributed by atoms with Crippen LogP contribution in [0.4, 0.5) is 8.78 Å². The van der Waals surface area contributed by atoms with Crippen LogP contribution in [-0.2, 0) is 28.4 Å². The monoisotopic (exact) mass is 273 g/mol. The van der Waals surface area contributed by atoms with Crippen LogP contribution >= 0.6 is 12.0 Å². The predicted octanol–water partition coefficient (Wildman–Crippen LogP) is -0.300. The Kier molecular flexibility index (Phi) is 5.05. The van der Waals surface area contributed by atoms with Gasteiger partial charge in [0, 0.05) is 0 Å². The molecule has 0 aromatic heterocycles. The topological polar surface area (TPSA) is 94.1 Å². The largest absolute Gasteiger partial charge is 0.691 e. The average molecular weight is 273 g/mol. The smallest absolute Gasteiger partial charge is 0.415 e. The van der Waals surface area contributed by atoms with E-state index in [1.807, 2.05) is 0 Å². The van der Waals surface area contributed by atoms with Crippen LogP contribution in [0.25, 0.3) is 0 Å². The zero-order valence-electron chi connectivity index (χ0n) is 8.22. The van der Waals surface area contributed by atoms with E-state index in [9.17, 15) is 23.6 Å². The van der Waals surface area contributed by atoms with E-state index in [-0.39, 0.29) is 13.0 Å². The lowest BCUT2D eigenvalue weighted by molar-refractivity contribution is -0.777. The van der Waals surface area contributed by atoms with E-state index >= 15 is 0 Å². The second kappa shape index (κ2) is 6.10. The van der Waals surface area contributed by atoms with Gasteiger partial charge in [-0.15, -0.1) is 0 Å². The summed E-state index contributed by atoms with van der Waals surface area (Å²) >= 11 is -0.818. The number of cyclic esters (lactones) is 1. The van der Waals surface area contributed by atoms with E-state index < -0.39 is 35.3 Å². The van der Waals surface area contributed by atoms with Crippen molar-refractivity contribution in [3.8, 4) is 0 Å². The molecule has 0 spiro atoms. The summed E-state index contributed by atoms with van der Waals surface area (Å²) in [6.45, 7) is 0.158. The fourth-order valence-electron chi connectivity index (χ4n) is 1.05. The van der Waals surface area contributed by atoms with Gasteiger partial charge in [0.25, 0.3) is 0 Å². The molecule has 0 N–H and O–H groups in total. The molecule has 1 aliphatic rings. The quantitative estimate of drug-likeness (QED) is 0.291. The van der Waals surface area contributed by atoms with Crippen LogP contribution in [-0.4, -0.2) is 29.9 Å². The highest BCUT2D eigenvalue weighted by molar-refractivity contribution is 7.96. The maximum atomic E-state index is 12.9. The summed E-state index contributed by atoms with van der Waals surface area (Å²) in [5.74, 6) is -2.89. The van der Waals surface area contributed by atoms with Gasteiger partial charge in [-0.3, -0.25) is 5.04 Å². The summed E-state index contributed by atoms with van der Waals surface area (Å²) in [6, 6.07) is 0. The lowest BCUT2D eigenvalue weighted by atomic mass is 10.1. The van der Waals surface area contributed by atoms with E-state index in [0.29, 0.717) is 6.42 Å². The summed E-state index contributed by atoms with van der Waals surface area (Å²) in [5.41, 5.74) is 0. The molecule has 17 heavy (non-hydrogen) atoms. The number of hydrogen-bond donors (Lipinski definition) is 0. The van der Waals surface area contributed by atoms with Gasteiger partial charge in [-0.05, 0) is 12.8 Å². The Labute approximate surface area is 98.0 Å². The van der Waals surface area contributed by atoms with Crippen molar-refractivity contribution in [2.75, 3.05) is 6.61 Å². The first-order chi connectivity index (χ1) is 7.97. The van der Waals surface area contributed by atoms with Crippen LogP contribution in [0.5, 0.6) is 0 Å². The fraction of sp³-hybridized carbons (Fsp3) is 0.714. The molecular formula is C7H7F2O7S-. The first-order valence-electron chi connectivity index (χ1n) is 4.37. The molecule has 10 heteroatoms. The highest BCUT2D eigenvalue weighted by atomic mass is 32.2. The third kappa shape index (κ3) is 4.07. The van der Waals surface area contributed by atoms with Crippen molar-refractivity contribution < 1.29 is 42.5 Å². The fourth-order valence-corrected chi connectivity index (χ4v) is 1.28. The molecule has 0 amide bonds. The molecule has 98 valence electrons. The molecule has 1 rings (SSSR count). The van der Waals surface area contributed by atoms with Gasteiger partial charge in [-0.1, -0.05) is 0 Å². The Hall–Kier alpha value is -0.970. The molecule has 7 nitrogen and oxygen atoms in total. The third-order valence-corrected chi connectivity index (χ3v) is 2.27. The molecule has 1 unspecified atom stereocenters. The molecule has 1 saturated heterocycles. The maximum absolute atomic E-state index is 12.9. The van der Waals surface area contributed by atoms with E-state index in [1.54, 1.807) is 0 Å². The third-order valence-electron chi connectivity index (χ3n) is 1.77. The molecule has 1 fully saturated rings. The normalized spacial score (nSPS) is 20.9. The van der Waals surface area contributed by atoms with Gasteiger partial charge < -0.3 is 14.7 Å². The van der Waals surface area contributed by atoms with Crippen LogP contribution in [0.1, 0.15) is 12.8 Å². The second-order valence-corrected chi connectivity index (χ2v) is 3.76. The minimum absolute atomic E-state index is 0.101. The van der Waals surface area contributed by atoms with Crippen molar-refractivity contribution in [3.05, 3.63) is 0 Å². The van der Waals surface area contributed by atoms with E-state index in [2.05, 4.69) is 18.8 Å². The van der Waals surface area contributed by atoms with Crippen LogP contribution in [0, 0.1) is 0 Å². The number of alkyl halides is 2. The summed E-state index contributed by atoms with van der Waals surface area (Å²) in [4.78, 5) is 22.0. The average Bonchev–Trinajstić information content (AvgIpc) is 2.29. The second-order valence-electron chi connectivity index (χ2n) is 2.94. The van der Waals surface area contributed by atoms with Gasteiger partial charge in [0.2, 0.25) is 0 Å². The van der Waals surface area contributed by atoms with Crippen molar-refractivity contribution in [1.82, 2.24) is 0 Å². The summed E-state index contributed by atoms with van der Waals surface area (Å²) in [6.07, 6.45) is -0.858. The Morgan fingerprint density at radius 3 is 2.88 bits per heavy atom. The molecule has 1 aliphatic heterocycles. The standard InChI is InChI=1S/C7H8F2O7S/c8-7(9,17-16-15-12)6(11)14-4-2-1-3-13-5(4)10/h4,12H,1-3H2/p-1. The molecule has 0 saturated carbocycles. The highest BCUT2D eigenvalue weighted by Gasteiger charge is 2.46. The summed E-state index contributed by atoms with van der Waals surface area (Å²) in [7, 11) is 0. The number of ether oxygens (including phenoxy) is 2. The van der Waals surface area contributed by atoms with Gasteiger partial charge in [0.05, 0.1) is 6.61 Å². The Morgan fingerprint density at radius 1 is 1.59 bits per heavy atom. The number of rotatable bonds is 5. The minimum Gasteiger partial charge on any atom is -0.691 e. The van der Waals surface area contributed by atoms with Crippen LogP contribution in [0.15, 0.2) is 0 Å². The predicted molar refractivity (Wildman–Crippen MR) is 44.8 cm³/mol. The van der Waals surface area contributed by atoms with Crippen molar-refractivity contribution in [2.45, 2.75) is 24.2 Å². The summed E-state index contributed by atoms with van der Waals surface area (Å²) < 4.78 is 37.8. The molecule has 0 aromatic carbocycles. The highest BCUT2D eigenvalue weighted by Crippen LogP contribution is 2.32. The first kappa shape index (κ1) is 14.1. The van der Waals surface area contributed by atoms with Gasteiger partial charge in [0.1, 0.15) is 12.0 Å². The zero-order chi connectivity index (χ0) is 12.9. The van der Waals surface area contributed by atoms with E-state index in [0.717, 1.165) is 0 Å². The maximum Gasteiger partial charge on any atom is 0.415 e. The minimum atomic E-state index is -4.15. The van der Waals surface area contributed by atoms with Crippen LogP contribution in [0.3, 0.4) is 0 Å². The number of esters is 2. The van der Waals surface area contributed by atoms with Crippen molar-refractivity contribution in [1.29, 1.82) is 0 Å². The number of halogens is 2. The van der Waals surface area contributed by atoms with Crippen LogP contribution in [0.2, 0.25) is 0 Å². The molecule has 0 bridgehead atoms. The lowest BCUT2D eigenvalue weighted by Crippen LogP contribution is -2.38. The van der Waals surface area contributed by atoms with Gasteiger partial charge in [0.15, 0.2) is 6.10 Å².